The molecular formula is C15H19N5OS2. The van der Waals surface area contributed by atoms with Crippen LogP contribution in [0.4, 0.5) is 5.13 Å². The van der Waals surface area contributed by atoms with Gasteiger partial charge in [0.05, 0.1) is 10.6 Å². The summed E-state index contributed by atoms with van der Waals surface area (Å²) in [6, 6.07) is 1.91. The first-order valence-corrected chi connectivity index (χ1v) is 9.22. The van der Waals surface area contributed by atoms with Crippen LogP contribution in [0.15, 0.2) is 6.07 Å². The fourth-order valence-corrected chi connectivity index (χ4v) is 4.04. The maximum atomic E-state index is 12.4. The quantitative estimate of drug-likeness (QED) is 0.762. The van der Waals surface area contributed by atoms with Gasteiger partial charge in [0.1, 0.15) is 9.84 Å². The molecule has 3 rings (SSSR count). The van der Waals surface area contributed by atoms with Crippen LogP contribution in [-0.2, 0) is 13.0 Å². The van der Waals surface area contributed by atoms with Crippen molar-refractivity contribution in [2.75, 3.05) is 5.32 Å². The molecule has 0 aliphatic carbocycles. The Hall–Kier alpha value is -1.80. The molecule has 1 N–H and O–H groups in total. The minimum absolute atomic E-state index is 0.138. The average Bonchev–Trinajstić information content (AvgIpc) is 3.17. The average molecular weight is 349 g/mol. The number of fused-ring (bicyclic) bond motifs is 1. The Bertz CT molecular complexity index is 845. The molecule has 0 aromatic carbocycles. The van der Waals surface area contributed by atoms with Crippen LogP contribution in [0.5, 0.6) is 0 Å². The van der Waals surface area contributed by atoms with Crippen molar-refractivity contribution in [3.63, 3.8) is 0 Å². The summed E-state index contributed by atoms with van der Waals surface area (Å²) in [5.74, 6) is 0.367. The minimum Gasteiger partial charge on any atom is -0.296 e. The van der Waals surface area contributed by atoms with Crippen LogP contribution >= 0.6 is 22.7 Å². The van der Waals surface area contributed by atoms with Gasteiger partial charge in [-0.25, -0.2) is 0 Å². The summed E-state index contributed by atoms with van der Waals surface area (Å²) in [6.07, 6.45) is 0.820. The molecule has 6 nitrogen and oxygen atoms in total. The van der Waals surface area contributed by atoms with Crippen molar-refractivity contribution in [3.8, 4) is 0 Å². The molecule has 8 heteroatoms. The number of hydrogen-bond acceptors (Lipinski definition) is 6. The molecule has 0 bridgehead atoms. The lowest BCUT2D eigenvalue weighted by atomic mass is 10.2. The zero-order chi connectivity index (χ0) is 16.6. The molecule has 0 spiro atoms. The van der Waals surface area contributed by atoms with E-state index in [1.807, 2.05) is 24.6 Å². The van der Waals surface area contributed by atoms with Gasteiger partial charge in [-0.2, -0.15) is 5.10 Å². The Morgan fingerprint density at radius 1 is 1.35 bits per heavy atom. The summed E-state index contributed by atoms with van der Waals surface area (Å²) in [6.45, 7) is 9.16. The number of nitrogens with one attached hydrogen (secondary N) is 1. The van der Waals surface area contributed by atoms with Crippen LogP contribution in [0.3, 0.4) is 0 Å². The van der Waals surface area contributed by atoms with Crippen LogP contribution in [-0.4, -0.2) is 25.9 Å². The van der Waals surface area contributed by atoms with E-state index in [9.17, 15) is 4.79 Å². The molecule has 0 radical (unpaired) electrons. The van der Waals surface area contributed by atoms with E-state index in [0.29, 0.717) is 15.9 Å². The topological polar surface area (TPSA) is 72.7 Å². The maximum absolute atomic E-state index is 12.4. The molecule has 0 aliphatic heterocycles. The Morgan fingerprint density at radius 2 is 2.13 bits per heavy atom. The number of rotatable bonds is 5. The minimum atomic E-state index is -0.138. The summed E-state index contributed by atoms with van der Waals surface area (Å²) in [5, 5.41) is 17.9. The highest BCUT2D eigenvalue weighted by atomic mass is 32.1. The van der Waals surface area contributed by atoms with Gasteiger partial charge in [0, 0.05) is 11.9 Å². The van der Waals surface area contributed by atoms with Crippen molar-refractivity contribution in [1.82, 2.24) is 20.0 Å². The monoisotopic (exact) mass is 349 g/mol. The van der Waals surface area contributed by atoms with E-state index in [2.05, 4.69) is 34.5 Å². The van der Waals surface area contributed by atoms with Crippen LogP contribution in [0, 0.1) is 12.8 Å². The summed E-state index contributed by atoms with van der Waals surface area (Å²) in [5.41, 5.74) is 0.958. The smallest absolute Gasteiger partial charge is 0.267 e. The largest absolute Gasteiger partial charge is 0.296 e. The molecule has 23 heavy (non-hydrogen) atoms. The van der Waals surface area contributed by atoms with Gasteiger partial charge in [0.25, 0.3) is 5.91 Å². The molecule has 122 valence electrons. The van der Waals surface area contributed by atoms with Gasteiger partial charge in [0.15, 0.2) is 0 Å². The Kier molecular flexibility index (Phi) is 4.45. The van der Waals surface area contributed by atoms with Crippen molar-refractivity contribution in [2.45, 2.75) is 40.7 Å². The van der Waals surface area contributed by atoms with E-state index in [1.165, 1.54) is 22.7 Å². The van der Waals surface area contributed by atoms with Crippen LogP contribution in [0.2, 0.25) is 0 Å². The summed E-state index contributed by atoms with van der Waals surface area (Å²) < 4.78 is 2.00. The van der Waals surface area contributed by atoms with Gasteiger partial charge < -0.3 is 0 Å². The van der Waals surface area contributed by atoms with E-state index in [0.717, 1.165) is 33.9 Å². The molecular weight excluding hydrogens is 330 g/mol. The lowest BCUT2D eigenvalue weighted by molar-refractivity contribution is 0.103. The molecule has 0 saturated carbocycles. The van der Waals surface area contributed by atoms with Crippen molar-refractivity contribution < 1.29 is 4.79 Å². The zero-order valence-electron chi connectivity index (χ0n) is 13.6. The number of aryl methyl sites for hydroxylation is 2. The second kappa shape index (κ2) is 6.37. The predicted octanol–water partition coefficient (Wildman–Crippen LogP) is 3.73. The third kappa shape index (κ3) is 3.28. The lowest BCUT2D eigenvalue weighted by Crippen LogP contribution is -2.10. The van der Waals surface area contributed by atoms with Gasteiger partial charge in [-0.1, -0.05) is 32.1 Å². The van der Waals surface area contributed by atoms with Crippen molar-refractivity contribution in [2.24, 2.45) is 5.92 Å². The summed E-state index contributed by atoms with van der Waals surface area (Å²) in [4.78, 5) is 14.2. The number of amides is 1. The highest BCUT2D eigenvalue weighted by Crippen LogP contribution is 2.29. The predicted molar refractivity (Wildman–Crippen MR) is 94.4 cm³/mol. The van der Waals surface area contributed by atoms with E-state index >= 15 is 0 Å². The van der Waals surface area contributed by atoms with Gasteiger partial charge in [0.2, 0.25) is 5.13 Å². The van der Waals surface area contributed by atoms with Crippen molar-refractivity contribution >= 4 is 43.9 Å². The van der Waals surface area contributed by atoms with Gasteiger partial charge >= 0.3 is 0 Å². The molecule has 3 heterocycles. The molecule has 0 saturated heterocycles. The fraction of sp³-hybridized carbons (Fsp3) is 0.467. The van der Waals surface area contributed by atoms with Gasteiger partial charge in [-0.15, -0.1) is 21.5 Å². The van der Waals surface area contributed by atoms with Crippen LogP contribution in [0.25, 0.3) is 10.2 Å². The van der Waals surface area contributed by atoms with Crippen LogP contribution < -0.4 is 5.32 Å². The zero-order valence-corrected chi connectivity index (χ0v) is 15.2. The molecule has 0 unspecified atom stereocenters. The first-order chi connectivity index (χ1) is 11.0. The fourth-order valence-electron chi connectivity index (χ4n) is 2.30. The maximum Gasteiger partial charge on any atom is 0.267 e. The lowest BCUT2D eigenvalue weighted by Gasteiger charge is -2.04. The molecule has 3 aromatic rings. The normalized spacial score (nSPS) is 11.5. The van der Waals surface area contributed by atoms with Crippen molar-refractivity contribution in [3.05, 3.63) is 21.6 Å². The first-order valence-electron chi connectivity index (χ1n) is 7.58. The third-order valence-corrected chi connectivity index (χ3v) is 5.49. The third-order valence-electron chi connectivity index (χ3n) is 3.36. The van der Waals surface area contributed by atoms with Gasteiger partial charge in [-0.05, 0) is 25.3 Å². The summed E-state index contributed by atoms with van der Waals surface area (Å²) in [7, 11) is 0. The number of aromatic nitrogens is 4. The van der Waals surface area contributed by atoms with E-state index in [-0.39, 0.29) is 5.91 Å². The number of carbonyl (C=O) groups excluding carboxylic acids is 1. The number of hydrogen-bond donors (Lipinski definition) is 1. The van der Waals surface area contributed by atoms with Gasteiger partial charge in [-0.3, -0.25) is 14.8 Å². The first kappa shape index (κ1) is 16.1. The number of carbonyl (C=O) groups is 1. The van der Waals surface area contributed by atoms with E-state index in [1.54, 1.807) is 0 Å². The molecule has 0 atom stereocenters. The standard InChI is InChI=1S/C15H19N5OS2/c1-5-12-17-18-15(23-12)16-13(21)11-6-10-9(4)19-20(7-8(2)3)14(10)22-11/h6,8H,5,7H2,1-4H3,(H,16,18,21). The molecule has 1 amide bonds. The second-order valence-corrected chi connectivity index (χ2v) is 7.89. The summed E-state index contributed by atoms with van der Waals surface area (Å²) >= 11 is 2.88. The number of nitrogens with zero attached hydrogens (tertiary/aromatic N) is 4. The Balaban J connectivity index is 1.86. The highest BCUT2D eigenvalue weighted by Gasteiger charge is 2.18. The van der Waals surface area contributed by atoms with E-state index in [4.69, 9.17) is 0 Å². The second-order valence-electron chi connectivity index (χ2n) is 5.80. The molecule has 0 fully saturated rings. The van der Waals surface area contributed by atoms with Crippen molar-refractivity contribution in [1.29, 1.82) is 0 Å². The molecule has 0 aliphatic rings. The SMILES string of the molecule is CCc1nnc(NC(=O)c2cc3c(C)nn(CC(C)C)c3s2)s1. The number of anilines is 1. The Morgan fingerprint density at radius 3 is 2.78 bits per heavy atom. The van der Waals surface area contributed by atoms with Crippen LogP contribution in [0.1, 0.15) is 41.1 Å². The molecule has 3 aromatic heterocycles. The Labute approximate surface area is 142 Å². The van der Waals surface area contributed by atoms with E-state index < -0.39 is 0 Å². The highest BCUT2D eigenvalue weighted by molar-refractivity contribution is 7.20. The number of thiophene rings is 1.